The molecule has 2 aromatic heterocycles. The van der Waals surface area contributed by atoms with Crippen molar-refractivity contribution in [1.82, 2.24) is 4.57 Å². The van der Waals surface area contributed by atoms with E-state index in [1.807, 2.05) is 65.1 Å². The van der Waals surface area contributed by atoms with Gasteiger partial charge in [0.1, 0.15) is 11.3 Å². The molecule has 1 atom stereocenters. The molecule has 0 radical (unpaired) electrons. The molecule has 0 spiro atoms. The molecule has 0 fully saturated rings. The van der Waals surface area contributed by atoms with E-state index in [0.29, 0.717) is 5.92 Å². The number of hydrogen-bond acceptors (Lipinski definition) is 2. The number of para-hydroxylation sites is 1. The van der Waals surface area contributed by atoms with Crippen molar-refractivity contribution in [3.63, 3.8) is 0 Å². The highest BCUT2D eigenvalue weighted by molar-refractivity contribution is 6.10. The van der Waals surface area contributed by atoms with Crippen LogP contribution in [-0.4, -0.2) is 10.8 Å². The van der Waals surface area contributed by atoms with Crippen molar-refractivity contribution in [2.24, 2.45) is 4.99 Å². The number of aromatic nitrogens is 1. The maximum absolute atomic E-state index is 6.28. The maximum Gasteiger partial charge on any atom is 0.163 e. The normalized spacial score (nSPS) is 15.6. The average molecular weight is 441 g/mol. The summed E-state index contributed by atoms with van der Waals surface area (Å²) in [4.78, 5) is 4.82. The van der Waals surface area contributed by atoms with Crippen molar-refractivity contribution in [1.29, 1.82) is 0 Å². The van der Waals surface area contributed by atoms with Gasteiger partial charge in [0.25, 0.3) is 0 Å². The summed E-state index contributed by atoms with van der Waals surface area (Å²) >= 11 is 0. The quantitative estimate of drug-likeness (QED) is 0.229. The Labute approximate surface area is 198 Å². The first-order chi connectivity index (χ1) is 16.4. The number of hydrogen-bond donors (Lipinski definition) is 0. The third-order valence-corrected chi connectivity index (χ3v) is 5.71. The van der Waals surface area contributed by atoms with E-state index in [4.69, 9.17) is 9.41 Å². The fraction of sp³-hybridized carbons (Fsp3) is 0.300. The van der Waals surface area contributed by atoms with Gasteiger partial charge in [0, 0.05) is 34.8 Å². The summed E-state index contributed by atoms with van der Waals surface area (Å²) in [6, 6.07) is 16.9. The molecule has 3 heteroatoms. The average Bonchev–Trinajstić information content (AvgIpc) is 3.52. The zero-order chi connectivity index (χ0) is 23.6. The number of aliphatic imine (C=N–C) groups is 1. The van der Waals surface area contributed by atoms with Crippen LogP contribution in [-0.2, 0) is 0 Å². The molecule has 0 saturated carbocycles. The number of rotatable bonds is 4. The second kappa shape index (κ2) is 12.1. The highest BCUT2D eigenvalue weighted by atomic mass is 16.3. The first kappa shape index (κ1) is 24.3. The smallest absolute Gasteiger partial charge is 0.163 e. The molecule has 33 heavy (non-hydrogen) atoms. The number of allylic oxidation sites excluding steroid dienone is 4. The van der Waals surface area contributed by atoms with Crippen LogP contribution in [0.3, 0.4) is 0 Å². The number of nitrogens with zero attached hydrogens (tertiary/aromatic N) is 2. The first-order valence-corrected chi connectivity index (χ1v) is 12.3. The first-order valence-electron chi connectivity index (χ1n) is 12.3. The van der Waals surface area contributed by atoms with Gasteiger partial charge in [-0.3, -0.25) is 4.99 Å². The molecule has 0 saturated heterocycles. The van der Waals surface area contributed by atoms with Crippen molar-refractivity contribution in [3.05, 3.63) is 84.7 Å². The standard InChI is InChI=1S/C26H24N2O.2C2H6/c1-2-3-17-27-25-23(28-18-9-13-22(28)19-10-5-4-6-11-19)16-15-21-20-12-7-8-14-24(20)29-26(21)25;2*1-2/h2-5,7-9,12-19H,6,10-11H2,1H3;2*1-2H3/b3-2-,27-17?;;. The van der Waals surface area contributed by atoms with E-state index in [2.05, 4.69) is 59.3 Å². The lowest BCUT2D eigenvalue weighted by Gasteiger charge is -2.21. The predicted octanol–water partition coefficient (Wildman–Crippen LogP) is 9.53. The molecule has 1 unspecified atom stereocenters. The van der Waals surface area contributed by atoms with Gasteiger partial charge in [-0.15, -0.1) is 0 Å². The summed E-state index contributed by atoms with van der Waals surface area (Å²) in [6.07, 6.45) is 15.9. The Bertz CT molecular complexity index is 1250. The van der Waals surface area contributed by atoms with Crippen LogP contribution in [0.25, 0.3) is 27.6 Å². The van der Waals surface area contributed by atoms with E-state index >= 15 is 0 Å². The summed E-state index contributed by atoms with van der Waals surface area (Å²) < 4.78 is 8.57. The summed E-state index contributed by atoms with van der Waals surface area (Å²) in [6.45, 7) is 10.00. The summed E-state index contributed by atoms with van der Waals surface area (Å²) in [5.74, 6) is 0.536. The molecule has 2 heterocycles. The maximum atomic E-state index is 6.28. The van der Waals surface area contributed by atoms with Gasteiger partial charge in [0.15, 0.2) is 5.58 Å². The highest BCUT2D eigenvalue weighted by Crippen LogP contribution is 2.40. The van der Waals surface area contributed by atoms with E-state index in [1.165, 1.54) is 12.1 Å². The molecule has 0 bridgehead atoms. The van der Waals surface area contributed by atoms with E-state index in [1.54, 1.807) is 0 Å². The van der Waals surface area contributed by atoms with Crippen molar-refractivity contribution in [2.45, 2.75) is 59.8 Å². The number of furan rings is 1. The minimum atomic E-state index is 0.536. The lowest BCUT2D eigenvalue weighted by Crippen LogP contribution is -2.07. The van der Waals surface area contributed by atoms with E-state index in [0.717, 1.165) is 46.2 Å². The minimum Gasteiger partial charge on any atom is -0.454 e. The Balaban J connectivity index is 0.000000728. The lowest BCUT2D eigenvalue weighted by atomic mass is 9.91. The Morgan fingerprint density at radius 2 is 1.76 bits per heavy atom. The van der Waals surface area contributed by atoms with Crippen molar-refractivity contribution in [2.75, 3.05) is 0 Å². The van der Waals surface area contributed by atoms with E-state index in [-0.39, 0.29) is 0 Å². The monoisotopic (exact) mass is 440 g/mol. The van der Waals surface area contributed by atoms with Crippen LogP contribution >= 0.6 is 0 Å². The second-order valence-electron chi connectivity index (χ2n) is 7.50. The van der Waals surface area contributed by atoms with Gasteiger partial charge in [0.2, 0.25) is 0 Å². The molecule has 0 N–H and O–H groups in total. The van der Waals surface area contributed by atoms with Gasteiger partial charge in [-0.25, -0.2) is 0 Å². The van der Waals surface area contributed by atoms with Gasteiger partial charge < -0.3 is 8.98 Å². The molecule has 1 aliphatic carbocycles. The molecule has 2 aromatic carbocycles. The molecule has 172 valence electrons. The largest absolute Gasteiger partial charge is 0.454 e. The fourth-order valence-corrected chi connectivity index (χ4v) is 4.30. The van der Waals surface area contributed by atoms with Gasteiger partial charge in [-0.2, -0.15) is 0 Å². The van der Waals surface area contributed by atoms with E-state index in [9.17, 15) is 0 Å². The van der Waals surface area contributed by atoms with Gasteiger partial charge in [-0.05, 0) is 62.6 Å². The summed E-state index contributed by atoms with van der Waals surface area (Å²) in [5, 5.41) is 2.23. The third kappa shape index (κ3) is 5.03. The Hall–Kier alpha value is -3.33. The third-order valence-electron chi connectivity index (χ3n) is 5.71. The summed E-state index contributed by atoms with van der Waals surface area (Å²) in [5.41, 5.74) is 5.01. The lowest BCUT2D eigenvalue weighted by molar-refractivity contribution is 0.591. The highest BCUT2D eigenvalue weighted by Gasteiger charge is 2.20. The van der Waals surface area contributed by atoms with E-state index < -0.39 is 0 Å². The molecule has 0 aliphatic heterocycles. The van der Waals surface area contributed by atoms with Crippen LogP contribution in [0.1, 0.15) is 65.5 Å². The van der Waals surface area contributed by atoms with Gasteiger partial charge in [0.05, 0.1) is 5.69 Å². The molecule has 0 amide bonds. The zero-order valence-corrected chi connectivity index (χ0v) is 20.6. The van der Waals surface area contributed by atoms with Crippen LogP contribution in [0.4, 0.5) is 5.69 Å². The van der Waals surface area contributed by atoms with Crippen LogP contribution in [0.5, 0.6) is 0 Å². The topological polar surface area (TPSA) is 30.4 Å². The van der Waals surface area contributed by atoms with Crippen molar-refractivity contribution in [3.8, 4) is 5.69 Å². The molecular weight excluding hydrogens is 404 g/mol. The fourth-order valence-electron chi connectivity index (χ4n) is 4.30. The second-order valence-corrected chi connectivity index (χ2v) is 7.50. The van der Waals surface area contributed by atoms with Crippen LogP contribution < -0.4 is 0 Å². The van der Waals surface area contributed by atoms with Crippen LogP contribution in [0, 0.1) is 0 Å². The molecule has 1 aliphatic rings. The molecular formula is C30H36N2O. The SMILES string of the molecule is C/C=C\C=Nc1c(-n2cccc2C2CC=CCC2)ccc2c1oc1ccccc12.CC.CC. The minimum absolute atomic E-state index is 0.536. The Morgan fingerprint density at radius 1 is 0.939 bits per heavy atom. The molecule has 5 rings (SSSR count). The predicted molar refractivity (Wildman–Crippen MR) is 144 cm³/mol. The molecule has 4 aromatic rings. The molecule has 3 nitrogen and oxygen atoms in total. The zero-order valence-electron chi connectivity index (χ0n) is 20.6. The van der Waals surface area contributed by atoms with Gasteiger partial charge >= 0.3 is 0 Å². The van der Waals surface area contributed by atoms with Gasteiger partial charge in [-0.1, -0.05) is 64.1 Å². The summed E-state index contributed by atoms with van der Waals surface area (Å²) in [7, 11) is 0. The van der Waals surface area contributed by atoms with Crippen molar-refractivity contribution >= 4 is 33.8 Å². The Morgan fingerprint density at radius 3 is 2.52 bits per heavy atom. The van der Waals surface area contributed by atoms with Crippen molar-refractivity contribution < 1.29 is 4.42 Å². The Kier molecular flexibility index (Phi) is 8.88. The number of benzene rings is 2. The van der Waals surface area contributed by atoms with Crippen LogP contribution in [0.15, 0.2) is 88.4 Å². The van der Waals surface area contributed by atoms with Crippen LogP contribution in [0.2, 0.25) is 0 Å². The number of fused-ring (bicyclic) bond motifs is 3.